The number of carboxylic acid groups (broad SMARTS) is 1. The minimum atomic E-state index is -0.792. The zero-order valence-electron chi connectivity index (χ0n) is 16.9. The SMILES string of the molecule is COc1ccc(/C=C/c2cc(OC)cc(OCCCC(C)(C)C(=O)O)c2)cc1. The topological polar surface area (TPSA) is 65.0 Å². The maximum atomic E-state index is 11.2. The summed E-state index contributed by atoms with van der Waals surface area (Å²) < 4.78 is 16.4. The third-order valence-electron chi connectivity index (χ3n) is 4.52. The van der Waals surface area contributed by atoms with Crippen molar-refractivity contribution in [1.82, 2.24) is 0 Å². The molecule has 0 atom stereocenters. The van der Waals surface area contributed by atoms with Gasteiger partial charge in [-0.15, -0.1) is 0 Å². The quantitative estimate of drug-likeness (QED) is 0.454. The highest BCUT2D eigenvalue weighted by atomic mass is 16.5. The lowest BCUT2D eigenvalue weighted by molar-refractivity contribution is -0.147. The van der Waals surface area contributed by atoms with E-state index in [1.165, 1.54) is 0 Å². The van der Waals surface area contributed by atoms with Crippen molar-refractivity contribution in [2.45, 2.75) is 26.7 Å². The first-order valence-electron chi connectivity index (χ1n) is 9.21. The van der Waals surface area contributed by atoms with Gasteiger partial charge < -0.3 is 19.3 Å². The van der Waals surface area contributed by atoms with Gasteiger partial charge in [0, 0.05) is 6.07 Å². The molecule has 0 radical (unpaired) electrons. The molecule has 1 N–H and O–H groups in total. The van der Waals surface area contributed by atoms with Crippen molar-refractivity contribution in [1.29, 1.82) is 0 Å². The second-order valence-corrected chi connectivity index (χ2v) is 7.19. The molecule has 150 valence electrons. The van der Waals surface area contributed by atoms with Crippen LogP contribution >= 0.6 is 0 Å². The van der Waals surface area contributed by atoms with Crippen LogP contribution in [0.15, 0.2) is 42.5 Å². The Bertz CT molecular complexity index is 806. The highest BCUT2D eigenvalue weighted by Gasteiger charge is 2.26. The van der Waals surface area contributed by atoms with Gasteiger partial charge in [-0.3, -0.25) is 4.79 Å². The molecule has 0 fully saturated rings. The van der Waals surface area contributed by atoms with Gasteiger partial charge in [-0.05, 0) is 62.1 Å². The fourth-order valence-corrected chi connectivity index (χ4v) is 2.61. The Morgan fingerprint density at radius 2 is 1.54 bits per heavy atom. The number of hydrogen-bond acceptors (Lipinski definition) is 4. The summed E-state index contributed by atoms with van der Waals surface area (Å²) >= 11 is 0. The van der Waals surface area contributed by atoms with Gasteiger partial charge in [0.2, 0.25) is 0 Å². The number of methoxy groups -OCH3 is 2. The molecule has 0 aromatic heterocycles. The maximum Gasteiger partial charge on any atom is 0.309 e. The van der Waals surface area contributed by atoms with Crippen LogP contribution < -0.4 is 14.2 Å². The van der Waals surface area contributed by atoms with Crippen LogP contribution in [0.3, 0.4) is 0 Å². The lowest BCUT2D eigenvalue weighted by Gasteiger charge is -2.18. The van der Waals surface area contributed by atoms with Gasteiger partial charge in [0.05, 0.1) is 26.2 Å². The first-order valence-corrected chi connectivity index (χ1v) is 9.21. The summed E-state index contributed by atoms with van der Waals surface area (Å²) in [6.45, 7) is 3.90. The van der Waals surface area contributed by atoms with Crippen LogP contribution in [0.4, 0.5) is 0 Å². The van der Waals surface area contributed by atoms with Crippen LogP contribution in [-0.2, 0) is 4.79 Å². The molecule has 0 bridgehead atoms. The average Bonchev–Trinajstić information content (AvgIpc) is 2.69. The van der Waals surface area contributed by atoms with Gasteiger partial charge in [-0.25, -0.2) is 0 Å². The Kier molecular flexibility index (Phi) is 7.50. The van der Waals surface area contributed by atoms with E-state index in [0.717, 1.165) is 16.9 Å². The third-order valence-corrected chi connectivity index (χ3v) is 4.52. The van der Waals surface area contributed by atoms with Gasteiger partial charge in [0.25, 0.3) is 0 Å². The Morgan fingerprint density at radius 3 is 2.14 bits per heavy atom. The van der Waals surface area contributed by atoms with E-state index in [4.69, 9.17) is 14.2 Å². The number of benzene rings is 2. The van der Waals surface area contributed by atoms with E-state index in [1.54, 1.807) is 28.1 Å². The second-order valence-electron chi connectivity index (χ2n) is 7.19. The molecule has 0 saturated heterocycles. The minimum absolute atomic E-state index is 0.450. The monoisotopic (exact) mass is 384 g/mol. The molecular weight excluding hydrogens is 356 g/mol. The molecule has 2 rings (SSSR count). The van der Waals surface area contributed by atoms with Crippen LogP contribution in [0.5, 0.6) is 17.2 Å². The second kappa shape index (κ2) is 9.83. The van der Waals surface area contributed by atoms with Gasteiger partial charge in [-0.1, -0.05) is 24.3 Å². The molecular formula is C23H28O5. The number of hydrogen-bond donors (Lipinski definition) is 1. The average molecular weight is 384 g/mol. The Labute approximate surface area is 166 Å². The smallest absolute Gasteiger partial charge is 0.309 e. The van der Waals surface area contributed by atoms with Gasteiger partial charge >= 0.3 is 5.97 Å². The number of ether oxygens (including phenoxy) is 3. The van der Waals surface area contributed by atoms with Crippen LogP contribution in [-0.4, -0.2) is 31.9 Å². The van der Waals surface area contributed by atoms with Crippen molar-refractivity contribution in [3.63, 3.8) is 0 Å². The Hall–Kier alpha value is -2.95. The normalized spacial score (nSPS) is 11.4. The van der Waals surface area contributed by atoms with Crippen molar-refractivity contribution in [2.24, 2.45) is 5.41 Å². The zero-order chi connectivity index (χ0) is 20.6. The van der Waals surface area contributed by atoms with Crippen molar-refractivity contribution < 1.29 is 24.1 Å². The molecule has 5 nitrogen and oxygen atoms in total. The van der Waals surface area contributed by atoms with Crippen molar-refractivity contribution in [2.75, 3.05) is 20.8 Å². The van der Waals surface area contributed by atoms with Gasteiger partial charge in [-0.2, -0.15) is 0 Å². The predicted octanol–water partition coefficient (Wildman–Crippen LogP) is 5.14. The van der Waals surface area contributed by atoms with Gasteiger partial charge in [0.15, 0.2) is 0 Å². The molecule has 5 heteroatoms. The summed E-state index contributed by atoms with van der Waals surface area (Å²) in [4.78, 5) is 11.2. The maximum absolute atomic E-state index is 11.2. The first kappa shape index (κ1) is 21.4. The molecule has 2 aromatic rings. The van der Waals surface area contributed by atoms with Crippen LogP contribution in [0.1, 0.15) is 37.8 Å². The van der Waals surface area contributed by atoms with E-state index in [1.807, 2.05) is 54.6 Å². The summed E-state index contributed by atoms with van der Waals surface area (Å²) in [5.74, 6) is 1.43. The fourth-order valence-electron chi connectivity index (χ4n) is 2.61. The highest BCUT2D eigenvalue weighted by Crippen LogP contribution is 2.26. The van der Waals surface area contributed by atoms with Gasteiger partial charge in [0.1, 0.15) is 17.2 Å². The van der Waals surface area contributed by atoms with Crippen molar-refractivity contribution in [3.05, 3.63) is 53.6 Å². The first-order chi connectivity index (χ1) is 13.3. The molecule has 0 amide bonds. The molecule has 0 aliphatic carbocycles. The molecule has 0 unspecified atom stereocenters. The summed E-state index contributed by atoms with van der Waals surface area (Å²) in [7, 11) is 3.26. The lowest BCUT2D eigenvalue weighted by atomic mass is 9.88. The number of aliphatic carboxylic acids is 1. The van der Waals surface area contributed by atoms with E-state index < -0.39 is 11.4 Å². The van der Waals surface area contributed by atoms with E-state index in [2.05, 4.69) is 0 Å². The Balaban J connectivity index is 2.02. The molecule has 0 saturated carbocycles. The highest BCUT2D eigenvalue weighted by molar-refractivity contribution is 5.73. The summed E-state index contributed by atoms with van der Waals surface area (Å²) in [6, 6.07) is 13.5. The summed E-state index contributed by atoms with van der Waals surface area (Å²) in [5, 5.41) is 9.17. The molecule has 2 aromatic carbocycles. The molecule has 0 aliphatic rings. The number of carbonyl (C=O) groups is 1. The third kappa shape index (κ3) is 6.34. The van der Waals surface area contributed by atoms with E-state index >= 15 is 0 Å². The van der Waals surface area contributed by atoms with Crippen LogP contribution in [0.2, 0.25) is 0 Å². The van der Waals surface area contributed by atoms with Crippen molar-refractivity contribution >= 4 is 18.1 Å². The van der Waals surface area contributed by atoms with E-state index in [-0.39, 0.29) is 0 Å². The van der Waals surface area contributed by atoms with E-state index in [0.29, 0.717) is 30.9 Å². The molecule has 0 spiro atoms. The lowest BCUT2D eigenvalue weighted by Crippen LogP contribution is -2.24. The fraction of sp³-hybridized carbons (Fsp3) is 0.348. The van der Waals surface area contributed by atoms with E-state index in [9.17, 15) is 9.90 Å². The molecule has 0 aliphatic heterocycles. The summed E-state index contributed by atoms with van der Waals surface area (Å²) in [5.41, 5.74) is 1.27. The number of rotatable bonds is 10. The van der Waals surface area contributed by atoms with Crippen molar-refractivity contribution in [3.8, 4) is 17.2 Å². The predicted molar refractivity (Wildman–Crippen MR) is 111 cm³/mol. The molecule has 0 heterocycles. The zero-order valence-corrected chi connectivity index (χ0v) is 16.9. The minimum Gasteiger partial charge on any atom is -0.497 e. The van der Waals surface area contributed by atoms with Crippen LogP contribution in [0, 0.1) is 5.41 Å². The van der Waals surface area contributed by atoms with Crippen LogP contribution in [0.25, 0.3) is 12.2 Å². The Morgan fingerprint density at radius 1 is 0.929 bits per heavy atom. The molecule has 28 heavy (non-hydrogen) atoms. The largest absolute Gasteiger partial charge is 0.497 e. The standard InChI is InChI=1S/C23H28O5/c1-23(2,22(24)25)12-5-13-28-21-15-18(14-20(16-21)27-4)7-6-17-8-10-19(26-3)11-9-17/h6-11,14-16H,5,12-13H2,1-4H3,(H,24,25)/b7-6+. The summed E-state index contributed by atoms with van der Waals surface area (Å²) in [6.07, 6.45) is 5.21. The number of carboxylic acids is 1.